The monoisotopic (exact) mass is 427 g/mol. The van der Waals surface area contributed by atoms with E-state index in [1.54, 1.807) is 18.4 Å². The fourth-order valence-corrected chi connectivity index (χ4v) is 4.20. The number of nitrogens with zero attached hydrogens (tertiary/aromatic N) is 2. The molecular formula is C26H25N3OS. The Kier molecular flexibility index (Phi) is 6.14. The number of anilines is 1. The zero-order valence-electron chi connectivity index (χ0n) is 18.1. The highest BCUT2D eigenvalue weighted by molar-refractivity contribution is 7.19. The second-order valence-electron chi connectivity index (χ2n) is 7.40. The lowest BCUT2D eigenvalue weighted by atomic mass is 10.0. The molecule has 0 aliphatic heterocycles. The average Bonchev–Trinajstić information content (AvgIpc) is 3.24. The van der Waals surface area contributed by atoms with Gasteiger partial charge in [-0.3, -0.25) is 5.43 Å². The van der Waals surface area contributed by atoms with Crippen molar-refractivity contribution in [1.29, 1.82) is 0 Å². The molecule has 0 saturated carbocycles. The molecule has 4 rings (SSSR count). The van der Waals surface area contributed by atoms with Crippen molar-refractivity contribution in [2.75, 3.05) is 12.5 Å². The molecule has 156 valence electrons. The number of methoxy groups -OCH3 is 1. The van der Waals surface area contributed by atoms with Gasteiger partial charge in [0.2, 0.25) is 5.13 Å². The van der Waals surface area contributed by atoms with Crippen LogP contribution in [0, 0.1) is 13.8 Å². The summed E-state index contributed by atoms with van der Waals surface area (Å²) in [5.74, 6) is 0.829. The Bertz CT molecular complexity index is 1210. The summed E-state index contributed by atoms with van der Waals surface area (Å²) in [6.45, 7) is 6.24. The minimum atomic E-state index is 0.764. The summed E-state index contributed by atoms with van der Waals surface area (Å²) in [6, 6.07) is 24.7. The van der Waals surface area contributed by atoms with Crippen LogP contribution in [0.3, 0.4) is 0 Å². The molecule has 1 aromatic heterocycles. The number of hydrogen-bond donors (Lipinski definition) is 1. The van der Waals surface area contributed by atoms with Crippen LogP contribution in [0.1, 0.15) is 23.6 Å². The van der Waals surface area contributed by atoms with E-state index >= 15 is 0 Å². The van der Waals surface area contributed by atoms with Gasteiger partial charge in [0.15, 0.2) is 0 Å². The lowest BCUT2D eigenvalue weighted by Crippen LogP contribution is -1.99. The fourth-order valence-electron chi connectivity index (χ4n) is 3.27. The van der Waals surface area contributed by atoms with Crippen molar-refractivity contribution in [3.05, 3.63) is 89.5 Å². The lowest BCUT2D eigenvalue weighted by Gasteiger charge is -2.06. The molecule has 0 aliphatic rings. The van der Waals surface area contributed by atoms with E-state index in [-0.39, 0.29) is 0 Å². The second kappa shape index (κ2) is 9.14. The third kappa shape index (κ3) is 4.67. The number of aromatic nitrogens is 1. The Labute approximate surface area is 187 Å². The first kappa shape index (κ1) is 20.8. The minimum absolute atomic E-state index is 0.764. The van der Waals surface area contributed by atoms with Crippen molar-refractivity contribution >= 4 is 22.2 Å². The molecular weight excluding hydrogens is 402 g/mol. The third-order valence-electron chi connectivity index (χ3n) is 5.27. The fraction of sp³-hybridized carbons (Fsp3) is 0.154. The summed E-state index contributed by atoms with van der Waals surface area (Å²) in [6.07, 6.45) is 0. The second-order valence-corrected chi connectivity index (χ2v) is 8.40. The van der Waals surface area contributed by atoms with E-state index in [4.69, 9.17) is 9.72 Å². The van der Waals surface area contributed by atoms with Crippen molar-refractivity contribution in [3.63, 3.8) is 0 Å². The first-order valence-electron chi connectivity index (χ1n) is 10.1. The largest absolute Gasteiger partial charge is 0.497 e. The standard InChI is InChI=1S/C26H25N3OS/c1-17-10-11-22(16-18(17)2)24-25(21-8-6-5-7-9-21)31-26(27-24)29-28-19(3)20-12-14-23(30-4)15-13-20/h5-16H,1-4H3,(H,27,29)/b28-19-. The zero-order chi connectivity index (χ0) is 21.8. The Morgan fingerprint density at radius 3 is 2.32 bits per heavy atom. The first-order valence-corrected chi connectivity index (χ1v) is 11.0. The lowest BCUT2D eigenvalue weighted by molar-refractivity contribution is 0.415. The quantitative estimate of drug-likeness (QED) is 0.268. The molecule has 0 saturated heterocycles. The molecule has 5 heteroatoms. The van der Waals surface area contributed by atoms with Crippen LogP contribution >= 0.6 is 11.3 Å². The van der Waals surface area contributed by atoms with Gasteiger partial charge < -0.3 is 4.74 Å². The molecule has 0 radical (unpaired) electrons. The third-order valence-corrected chi connectivity index (χ3v) is 6.28. The number of nitrogens with one attached hydrogen (secondary N) is 1. The zero-order valence-corrected chi connectivity index (χ0v) is 19.0. The van der Waals surface area contributed by atoms with Crippen LogP contribution in [0.25, 0.3) is 21.7 Å². The Balaban J connectivity index is 1.68. The van der Waals surface area contributed by atoms with Gasteiger partial charge in [0, 0.05) is 5.56 Å². The highest BCUT2D eigenvalue weighted by atomic mass is 32.1. The average molecular weight is 428 g/mol. The molecule has 0 spiro atoms. The summed E-state index contributed by atoms with van der Waals surface area (Å²) in [5, 5.41) is 5.33. The van der Waals surface area contributed by atoms with Crippen LogP contribution in [0.15, 0.2) is 77.9 Å². The maximum Gasteiger partial charge on any atom is 0.204 e. The Morgan fingerprint density at radius 2 is 1.65 bits per heavy atom. The minimum Gasteiger partial charge on any atom is -0.497 e. The van der Waals surface area contributed by atoms with E-state index in [0.29, 0.717) is 0 Å². The Morgan fingerprint density at radius 1 is 0.903 bits per heavy atom. The number of aryl methyl sites for hydroxylation is 2. The number of ether oxygens (including phenoxy) is 1. The van der Waals surface area contributed by atoms with Crippen LogP contribution in [-0.4, -0.2) is 17.8 Å². The molecule has 3 aromatic carbocycles. The van der Waals surface area contributed by atoms with E-state index in [1.165, 1.54) is 11.1 Å². The maximum atomic E-state index is 5.23. The highest BCUT2D eigenvalue weighted by Gasteiger charge is 2.15. The van der Waals surface area contributed by atoms with Gasteiger partial charge >= 0.3 is 0 Å². The van der Waals surface area contributed by atoms with Crippen LogP contribution < -0.4 is 10.2 Å². The molecule has 0 atom stereocenters. The molecule has 1 N–H and O–H groups in total. The van der Waals surface area contributed by atoms with E-state index < -0.39 is 0 Å². The summed E-state index contributed by atoms with van der Waals surface area (Å²) >= 11 is 1.61. The van der Waals surface area contributed by atoms with Gasteiger partial charge in [-0.05, 0) is 73.4 Å². The Hall–Kier alpha value is -3.44. The van der Waals surface area contributed by atoms with E-state index in [2.05, 4.69) is 66.8 Å². The smallest absolute Gasteiger partial charge is 0.204 e. The maximum absolute atomic E-state index is 5.23. The highest BCUT2D eigenvalue weighted by Crippen LogP contribution is 2.39. The molecule has 4 nitrogen and oxygen atoms in total. The van der Waals surface area contributed by atoms with Crippen molar-refractivity contribution in [2.24, 2.45) is 5.10 Å². The molecule has 0 amide bonds. The summed E-state index contributed by atoms with van der Waals surface area (Å²) in [7, 11) is 1.66. The molecule has 4 aromatic rings. The topological polar surface area (TPSA) is 46.5 Å². The van der Waals surface area contributed by atoms with Crippen LogP contribution in [-0.2, 0) is 0 Å². The predicted molar refractivity (Wildman–Crippen MR) is 131 cm³/mol. The summed E-state index contributed by atoms with van der Waals surface area (Å²) in [5.41, 5.74) is 10.8. The van der Waals surface area contributed by atoms with Crippen LogP contribution in [0.2, 0.25) is 0 Å². The van der Waals surface area contributed by atoms with E-state index in [9.17, 15) is 0 Å². The predicted octanol–water partition coefficient (Wildman–Crippen LogP) is 6.94. The molecule has 0 fully saturated rings. The molecule has 0 unspecified atom stereocenters. The molecule has 0 aliphatic carbocycles. The van der Waals surface area contributed by atoms with Gasteiger partial charge in [0.05, 0.1) is 23.4 Å². The van der Waals surface area contributed by atoms with Crippen LogP contribution in [0.5, 0.6) is 5.75 Å². The van der Waals surface area contributed by atoms with Gasteiger partial charge in [-0.25, -0.2) is 4.98 Å². The molecule has 1 heterocycles. The molecule has 0 bridgehead atoms. The van der Waals surface area contributed by atoms with Gasteiger partial charge in [-0.15, -0.1) is 0 Å². The summed E-state index contributed by atoms with van der Waals surface area (Å²) < 4.78 is 5.23. The van der Waals surface area contributed by atoms with Crippen molar-refractivity contribution in [3.8, 4) is 27.4 Å². The number of hydrazone groups is 1. The van der Waals surface area contributed by atoms with Gasteiger partial charge in [-0.1, -0.05) is 53.8 Å². The number of hydrogen-bond acceptors (Lipinski definition) is 5. The van der Waals surface area contributed by atoms with E-state index in [1.807, 2.05) is 37.3 Å². The van der Waals surface area contributed by atoms with Gasteiger partial charge in [0.1, 0.15) is 5.75 Å². The normalized spacial score (nSPS) is 11.4. The van der Waals surface area contributed by atoms with E-state index in [0.717, 1.165) is 43.9 Å². The number of thiazole rings is 1. The van der Waals surface area contributed by atoms with Gasteiger partial charge in [0.25, 0.3) is 0 Å². The molecule has 31 heavy (non-hydrogen) atoms. The van der Waals surface area contributed by atoms with Crippen molar-refractivity contribution < 1.29 is 4.74 Å². The van der Waals surface area contributed by atoms with Crippen molar-refractivity contribution in [2.45, 2.75) is 20.8 Å². The first-order chi connectivity index (χ1) is 15.0. The van der Waals surface area contributed by atoms with Crippen LogP contribution in [0.4, 0.5) is 5.13 Å². The SMILES string of the molecule is COc1ccc(/C(C)=N\Nc2nc(-c3ccc(C)c(C)c3)c(-c3ccccc3)s2)cc1. The number of rotatable bonds is 6. The van der Waals surface area contributed by atoms with Gasteiger partial charge in [-0.2, -0.15) is 5.10 Å². The van der Waals surface area contributed by atoms with Crippen molar-refractivity contribution in [1.82, 2.24) is 4.98 Å². The number of benzene rings is 3. The summed E-state index contributed by atoms with van der Waals surface area (Å²) in [4.78, 5) is 6.03.